The Morgan fingerprint density at radius 2 is 2.07 bits per heavy atom. The van der Waals surface area contributed by atoms with Gasteiger partial charge in [0.25, 0.3) is 0 Å². The number of ether oxygens (including phenoxy) is 1. The molecule has 0 aliphatic carbocycles. The minimum absolute atomic E-state index is 0.124. The number of rotatable bonds is 4. The first-order valence-electron chi connectivity index (χ1n) is 5.24. The highest BCUT2D eigenvalue weighted by Gasteiger charge is 2.19. The van der Waals surface area contributed by atoms with Crippen LogP contribution < -0.4 is 9.24 Å². The molecule has 0 spiro atoms. The molecule has 2 nitrogen and oxygen atoms in total. The lowest BCUT2D eigenvalue weighted by Gasteiger charge is -2.11. The Labute approximate surface area is 96.3 Å². The van der Waals surface area contributed by atoms with E-state index in [9.17, 15) is 4.79 Å². The van der Waals surface area contributed by atoms with Gasteiger partial charge in [0.15, 0.2) is 5.06 Å². The van der Waals surface area contributed by atoms with Crippen LogP contribution in [0.1, 0.15) is 19.8 Å². The monoisotopic (exact) mass is 242 g/mol. The number of hydrogen-bond donors (Lipinski definition) is 0. The van der Waals surface area contributed by atoms with Crippen LogP contribution in [-0.2, 0) is 4.79 Å². The van der Waals surface area contributed by atoms with Crippen molar-refractivity contribution in [2.75, 3.05) is 0 Å². The van der Waals surface area contributed by atoms with Crippen LogP contribution in [0.3, 0.4) is 0 Å². The van der Waals surface area contributed by atoms with E-state index in [1.807, 2.05) is 13.0 Å². The third-order valence-corrected chi connectivity index (χ3v) is 6.55. The highest BCUT2D eigenvalue weighted by atomic mass is 32.1. The van der Waals surface area contributed by atoms with E-state index in [-0.39, 0.29) is 5.97 Å². The topological polar surface area (TPSA) is 26.3 Å². The van der Waals surface area contributed by atoms with Crippen molar-refractivity contribution in [2.45, 2.75) is 39.4 Å². The molecule has 0 unspecified atom stereocenters. The molecule has 0 saturated heterocycles. The quantitative estimate of drug-likeness (QED) is 0.599. The molecule has 0 bridgehead atoms. The van der Waals surface area contributed by atoms with Crippen molar-refractivity contribution in [2.24, 2.45) is 0 Å². The smallest absolute Gasteiger partial charge is 0.311 e. The van der Waals surface area contributed by atoms with Crippen LogP contribution in [0.2, 0.25) is 19.6 Å². The average molecular weight is 242 g/mol. The first kappa shape index (κ1) is 12.5. The zero-order chi connectivity index (χ0) is 11.5. The van der Waals surface area contributed by atoms with E-state index < -0.39 is 8.07 Å². The number of thiophene rings is 1. The number of carbonyl (C=O) groups excluding carboxylic acids is 1. The lowest BCUT2D eigenvalue weighted by atomic mass is 10.3. The number of carbonyl (C=O) groups is 1. The molecular formula is C11H18O2SSi. The van der Waals surface area contributed by atoms with Crippen molar-refractivity contribution < 1.29 is 9.53 Å². The molecule has 0 atom stereocenters. The molecule has 0 saturated carbocycles. The van der Waals surface area contributed by atoms with Crippen molar-refractivity contribution in [3.8, 4) is 5.06 Å². The molecule has 0 radical (unpaired) electrons. The van der Waals surface area contributed by atoms with Crippen LogP contribution in [0, 0.1) is 0 Å². The maximum atomic E-state index is 11.3. The fourth-order valence-electron chi connectivity index (χ4n) is 1.15. The summed E-state index contributed by atoms with van der Waals surface area (Å²) in [5.41, 5.74) is 0. The highest BCUT2D eigenvalue weighted by molar-refractivity contribution is 7.27. The molecular weight excluding hydrogens is 224 g/mol. The average Bonchev–Trinajstić information content (AvgIpc) is 2.52. The van der Waals surface area contributed by atoms with E-state index in [1.165, 1.54) is 4.50 Å². The highest BCUT2D eigenvalue weighted by Crippen LogP contribution is 2.21. The van der Waals surface area contributed by atoms with E-state index >= 15 is 0 Å². The molecule has 1 aromatic rings. The number of hydrogen-bond acceptors (Lipinski definition) is 3. The van der Waals surface area contributed by atoms with E-state index in [0.717, 1.165) is 11.5 Å². The summed E-state index contributed by atoms with van der Waals surface area (Å²) in [6.45, 7) is 8.84. The summed E-state index contributed by atoms with van der Waals surface area (Å²) in [5.74, 6) is -0.124. The molecule has 0 amide bonds. The van der Waals surface area contributed by atoms with Crippen LogP contribution in [0.5, 0.6) is 5.06 Å². The minimum Gasteiger partial charge on any atom is -0.415 e. The third kappa shape index (κ3) is 3.79. The second-order valence-electron chi connectivity index (χ2n) is 4.59. The lowest BCUT2D eigenvalue weighted by molar-refractivity contribution is -0.134. The zero-order valence-electron chi connectivity index (χ0n) is 9.79. The van der Waals surface area contributed by atoms with E-state index in [0.29, 0.717) is 6.42 Å². The van der Waals surface area contributed by atoms with Gasteiger partial charge in [0.05, 0.1) is 8.07 Å². The van der Waals surface area contributed by atoms with Crippen LogP contribution in [0.25, 0.3) is 0 Å². The fraction of sp³-hybridized carbons (Fsp3) is 0.545. The summed E-state index contributed by atoms with van der Waals surface area (Å²) in [6.07, 6.45) is 1.34. The maximum absolute atomic E-state index is 11.3. The summed E-state index contributed by atoms with van der Waals surface area (Å²) in [6, 6.07) is 4.00. The Bertz CT molecular complexity index is 339. The first-order chi connectivity index (χ1) is 6.93. The van der Waals surface area contributed by atoms with Gasteiger partial charge in [0, 0.05) is 6.42 Å². The van der Waals surface area contributed by atoms with Gasteiger partial charge < -0.3 is 4.74 Å². The predicted octanol–water partition coefficient (Wildman–Crippen LogP) is 3.00. The van der Waals surface area contributed by atoms with Crippen LogP contribution in [-0.4, -0.2) is 14.0 Å². The molecule has 0 N–H and O–H groups in total. The zero-order valence-corrected chi connectivity index (χ0v) is 11.6. The molecule has 15 heavy (non-hydrogen) atoms. The summed E-state index contributed by atoms with van der Waals surface area (Å²) in [7, 11) is -1.25. The van der Waals surface area contributed by atoms with Gasteiger partial charge in [-0.1, -0.05) is 26.6 Å². The first-order valence-corrected chi connectivity index (χ1v) is 9.56. The van der Waals surface area contributed by atoms with Crippen molar-refractivity contribution in [1.82, 2.24) is 0 Å². The lowest BCUT2D eigenvalue weighted by Crippen LogP contribution is -2.34. The van der Waals surface area contributed by atoms with Gasteiger partial charge in [-0.2, -0.15) is 0 Å². The van der Waals surface area contributed by atoms with Gasteiger partial charge in [-0.3, -0.25) is 4.79 Å². The Kier molecular flexibility index (Phi) is 4.10. The molecule has 1 rings (SSSR count). The van der Waals surface area contributed by atoms with Gasteiger partial charge in [-0.05, 0) is 23.1 Å². The Balaban J connectivity index is 2.65. The summed E-state index contributed by atoms with van der Waals surface area (Å²) < 4.78 is 6.61. The van der Waals surface area contributed by atoms with E-state index in [1.54, 1.807) is 11.3 Å². The second kappa shape index (κ2) is 4.94. The summed E-state index contributed by atoms with van der Waals surface area (Å²) in [4.78, 5) is 11.3. The SMILES string of the molecule is CCCC(=O)Oc1ccc([Si](C)(C)C)s1. The molecule has 0 fully saturated rings. The Morgan fingerprint density at radius 1 is 1.40 bits per heavy atom. The van der Waals surface area contributed by atoms with Crippen molar-refractivity contribution in [3.63, 3.8) is 0 Å². The third-order valence-electron chi connectivity index (χ3n) is 1.99. The maximum Gasteiger partial charge on any atom is 0.311 e. The van der Waals surface area contributed by atoms with Crippen molar-refractivity contribution >= 4 is 29.9 Å². The molecule has 84 valence electrons. The van der Waals surface area contributed by atoms with Gasteiger partial charge in [0.1, 0.15) is 0 Å². The molecule has 1 heterocycles. The standard InChI is InChI=1S/C11H18O2SSi/c1-5-6-9(12)13-10-7-8-11(14-10)15(2,3)4/h7-8H,5-6H2,1-4H3. The van der Waals surface area contributed by atoms with Crippen LogP contribution >= 0.6 is 11.3 Å². The summed E-state index contributed by atoms with van der Waals surface area (Å²) in [5, 5.41) is 0.742. The normalized spacial score (nSPS) is 11.5. The molecule has 0 aliphatic heterocycles. The number of esters is 1. The molecule has 4 heteroatoms. The summed E-state index contributed by atoms with van der Waals surface area (Å²) >= 11 is 1.61. The van der Waals surface area contributed by atoms with Gasteiger partial charge in [-0.25, -0.2) is 0 Å². The minimum atomic E-state index is -1.25. The van der Waals surface area contributed by atoms with Gasteiger partial charge >= 0.3 is 5.97 Å². The Hall–Kier alpha value is -0.613. The van der Waals surface area contributed by atoms with Gasteiger partial charge in [0.2, 0.25) is 0 Å². The Morgan fingerprint density at radius 3 is 2.53 bits per heavy atom. The van der Waals surface area contributed by atoms with E-state index in [4.69, 9.17) is 4.74 Å². The van der Waals surface area contributed by atoms with Gasteiger partial charge in [-0.15, -0.1) is 11.3 Å². The fourth-order valence-corrected chi connectivity index (χ4v) is 3.88. The van der Waals surface area contributed by atoms with Crippen molar-refractivity contribution in [3.05, 3.63) is 12.1 Å². The van der Waals surface area contributed by atoms with Crippen LogP contribution in [0.4, 0.5) is 0 Å². The predicted molar refractivity (Wildman–Crippen MR) is 67.8 cm³/mol. The van der Waals surface area contributed by atoms with Crippen molar-refractivity contribution in [1.29, 1.82) is 0 Å². The molecule has 1 aromatic heterocycles. The molecule has 0 aromatic carbocycles. The van der Waals surface area contributed by atoms with E-state index in [2.05, 4.69) is 25.7 Å². The molecule has 0 aliphatic rings. The van der Waals surface area contributed by atoms with Crippen LogP contribution in [0.15, 0.2) is 12.1 Å². The largest absolute Gasteiger partial charge is 0.415 e. The second-order valence-corrected chi connectivity index (χ2v) is 11.0.